The van der Waals surface area contributed by atoms with Crippen molar-refractivity contribution in [2.24, 2.45) is 0 Å². The smallest absolute Gasteiger partial charge is 0.264 e. The molecule has 2 amide bonds. The van der Waals surface area contributed by atoms with Gasteiger partial charge in [-0.05, 0) is 91.9 Å². The summed E-state index contributed by atoms with van der Waals surface area (Å²) in [6.07, 6.45) is 6.51. The largest absolute Gasteiger partial charge is 0.457 e. The standard InChI is InChI=1S/C35H34N2O3S/c1-3-10-25-22-26(23-31-29-13-8-9-14-30(29)34(38)37(25)31)36(21-4-2)35(39)33-20-19-32(41-33)24-15-17-28(18-16-24)40-27-11-6-5-7-12-27/h3,5-20,25-26,31H,4,21-23H2,1-2H3/b10-3+/t25-,26-,31+/m1/s1. The summed E-state index contributed by atoms with van der Waals surface area (Å²) in [5.41, 5.74) is 2.93. The first-order valence-electron chi connectivity index (χ1n) is 14.4. The molecule has 1 aromatic heterocycles. The first kappa shape index (κ1) is 27.0. The van der Waals surface area contributed by atoms with E-state index in [1.807, 2.05) is 103 Å². The van der Waals surface area contributed by atoms with E-state index < -0.39 is 0 Å². The molecule has 3 atom stereocenters. The number of hydrogen-bond acceptors (Lipinski definition) is 4. The van der Waals surface area contributed by atoms with E-state index in [0.717, 1.165) is 57.2 Å². The minimum absolute atomic E-state index is 0.0127. The minimum atomic E-state index is -0.0358. The van der Waals surface area contributed by atoms with Gasteiger partial charge in [0.2, 0.25) is 0 Å². The van der Waals surface area contributed by atoms with Gasteiger partial charge >= 0.3 is 0 Å². The van der Waals surface area contributed by atoms with E-state index in [0.29, 0.717) is 6.54 Å². The van der Waals surface area contributed by atoms with Crippen molar-refractivity contribution in [3.8, 4) is 21.9 Å². The van der Waals surface area contributed by atoms with Gasteiger partial charge in [-0.1, -0.05) is 55.5 Å². The summed E-state index contributed by atoms with van der Waals surface area (Å²) in [6.45, 7) is 4.80. The number of para-hydroxylation sites is 1. The molecule has 3 aromatic carbocycles. The second-order valence-electron chi connectivity index (χ2n) is 10.6. The Labute approximate surface area is 245 Å². The number of thiophene rings is 1. The maximum atomic E-state index is 14.0. The highest BCUT2D eigenvalue weighted by atomic mass is 32.1. The number of rotatable bonds is 8. The number of hydrogen-bond donors (Lipinski definition) is 0. The van der Waals surface area contributed by atoms with Crippen LogP contribution in [0.3, 0.4) is 0 Å². The third-order valence-electron chi connectivity index (χ3n) is 8.00. The SMILES string of the molecule is C/C=C/[C@@H]1C[C@@H](N(CCC)C(=O)c2ccc(-c3ccc(Oc4ccccc4)cc3)s2)C[C@H]2c3ccccc3C(=O)N12. The maximum Gasteiger partial charge on any atom is 0.264 e. The van der Waals surface area contributed by atoms with Crippen LogP contribution in [0, 0.1) is 0 Å². The van der Waals surface area contributed by atoms with Crippen LogP contribution in [0.1, 0.15) is 64.7 Å². The molecule has 0 saturated carbocycles. The van der Waals surface area contributed by atoms with Crippen LogP contribution in [-0.2, 0) is 0 Å². The van der Waals surface area contributed by atoms with Gasteiger partial charge in [0.1, 0.15) is 11.5 Å². The zero-order chi connectivity index (χ0) is 28.3. The lowest BCUT2D eigenvalue weighted by atomic mass is 9.88. The van der Waals surface area contributed by atoms with Crippen LogP contribution in [0.15, 0.2) is 103 Å². The third-order valence-corrected chi connectivity index (χ3v) is 9.12. The second-order valence-corrected chi connectivity index (χ2v) is 11.7. The minimum Gasteiger partial charge on any atom is -0.457 e. The van der Waals surface area contributed by atoms with Crippen LogP contribution in [0.2, 0.25) is 0 Å². The molecule has 41 heavy (non-hydrogen) atoms. The van der Waals surface area contributed by atoms with E-state index in [2.05, 4.69) is 24.0 Å². The van der Waals surface area contributed by atoms with Crippen molar-refractivity contribution in [1.82, 2.24) is 9.80 Å². The predicted octanol–water partition coefficient (Wildman–Crippen LogP) is 8.36. The third kappa shape index (κ3) is 5.32. The predicted molar refractivity (Wildman–Crippen MR) is 165 cm³/mol. The van der Waals surface area contributed by atoms with Gasteiger partial charge in [-0.2, -0.15) is 0 Å². The highest BCUT2D eigenvalue weighted by molar-refractivity contribution is 7.17. The molecule has 0 radical (unpaired) electrons. The molecule has 6 rings (SSSR count). The molecule has 1 fully saturated rings. The van der Waals surface area contributed by atoms with Crippen molar-refractivity contribution in [2.45, 2.75) is 51.2 Å². The van der Waals surface area contributed by atoms with Gasteiger partial charge in [0, 0.05) is 23.0 Å². The molecule has 208 valence electrons. The second kappa shape index (κ2) is 11.8. The average molecular weight is 563 g/mol. The van der Waals surface area contributed by atoms with Gasteiger partial charge in [-0.25, -0.2) is 0 Å². The van der Waals surface area contributed by atoms with Gasteiger partial charge < -0.3 is 14.5 Å². The van der Waals surface area contributed by atoms with Gasteiger partial charge in [-0.3, -0.25) is 9.59 Å². The normalized spacial score (nSPS) is 19.7. The summed E-state index contributed by atoms with van der Waals surface area (Å²) in [5.74, 6) is 1.75. The van der Waals surface area contributed by atoms with E-state index in [4.69, 9.17) is 4.74 Å². The molecule has 0 N–H and O–H groups in total. The highest BCUT2D eigenvalue weighted by Gasteiger charge is 2.46. The fourth-order valence-corrected chi connectivity index (χ4v) is 7.15. The quantitative estimate of drug-likeness (QED) is 0.203. The van der Waals surface area contributed by atoms with E-state index in [9.17, 15) is 9.59 Å². The molecule has 2 aliphatic rings. The van der Waals surface area contributed by atoms with Crippen molar-refractivity contribution in [3.63, 3.8) is 0 Å². The molecule has 4 aromatic rings. The zero-order valence-corrected chi connectivity index (χ0v) is 24.2. The summed E-state index contributed by atoms with van der Waals surface area (Å²) in [7, 11) is 0. The summed E-state index contributed by atoms with van der Waals surface area (Å²) in [5, 5.41) is 0. The number of nitrogens with zero attached hydrogens (tertiary/aromatic N) is 2. The first-order chi connectivity index (χ1) is 20.1. The molecular formula is C35H34N2O3S. The fraction of sp³-hybridized carbons (Fsp3) is 0.257. The van der Waals surface area contributed by atoms with Crippen LogP contribution in [0.4, 0.5) is 0 Å². The Hall–Kier alpha value is -4.16. The number of amides is 2. The molecule has 0 unspecified atom stereocenters. The molecule has 6 heteroatoms. The van der Waals surface area contributed by atoms with Crippen molar-refractivity contribution in [1.29, 1.82) is 0 Å². The highest BCUT2D eigenvalue weighted by Crippen LogP contribution is 2.44. The van der Waals surface area contributed by atoms with E-state index >= 15 is 0 Å². The molecule has 0 spiro atoms. The lowest BCUT2D eigenvalue weighted by molar-refractivity contribution is 0.0327. The van der Waals surface area contributed by atoms with Crippen molar-refractivity contribution in [2.75, 3.05) is 6.54 Å². The van der Waals surface area contributed by atoms with Crippen molar-refractivity contribution in [3.05, 3.63) is 119 Å². The molecule has 2 aliphatic heterocycles. The molecule has 1 saturated heterocycles. The van der Waals surface area contributed by atoms with Crippen LogP contribution in [0.5, 0.6) is 11.5 Å². The molecule has 0 bridgehead atoms. The molecule has 3 heterocycles. The fourth-order valence-electron chi connectivity index (χ4n) is 6.18. The topological polar surface area (TPSA) is 49.9 Å². The number of fused-ring (bicyclic) bond motifs is 3. The van der Waals surface area contributed by atoms with Crippen LogP contribution < -0.4 is 4.74 Å². The monoisotopic (exact) mass is 562 g/mol. The Morgan fingerprint density at radius 2 is 1.68 bits per heavy atom. The number of piperidine rings is 1. The lowest BCUT2D eigenvalue weighted by Gasteiger charge is -2.44. The Morgan fingerprint density at radius 3 is 2.44 bits per heavy atom. The van der Waals surface area contributed by atoms with Crippen LogP contribution in [0.25, 0.3) is 10.4 Å². The Bertz CT molecular complexity index is 1560. The summed E-state index contributed by atoms with van der Waals surface area (Å²) < 4.78 is 5.94. The average Bonchev–Trinajstić information content (AvgIpc) is 3.61. The first-order valence-corrected chi connectivity index (χ1v) is 15.2. The molecule has 0 aliphatic carbocycles. The van der Waals surface area contributed by atoms with Crippen LogP contribution in [-0.4, -0.2) is 40.2 Å². The number of carbonyl (C=O) groups excluding carboxylic acids is 2. The van der Waals surface area contributed by atoms with Crippen molar-refractivity contribution < 1.29 is 14.3 Å². The van der Waals surface area contributed by atoms with E-state index in [-0.39, 0.29) is 29.9 Å². The Morgan fingerprint density at radius 1 is 0.951 bits per heavy atom. The van der Waals surface area contributed by atoms with Crippen LogP contribution >= 0.6 is 11.3 Å². The van der Waals surface area contributed by atoms with Crippen molar-refractivity contribution >= 4 is 23.2 Å². The van der Waals surface area contributed by atoms with Gasteiger partial charge in [0.15, 0.2) is 0 Å². The van der Waals surface area contributed by atoms with Gasteiger partial charge in [0.05, 0.1) is 17.0 Å². The van der Waals surface area contributed by atoms with Gasteiger partial charge in [-0.15, -0.1) is 11.3 Å². The van der Waals surface area contributed by atoms with Gasteiger partial charge in [0.25, 0.3) is 11.8 Å². The van der Waals surface area contributed by atoms with E-state index in [1.165, 1.54) is 11.3 Å². The summed E-state index contributed by atoms with van der Waals surface area (Å²) in [4.78, 5) is 33.2. The zero-order valence-electron chi connectivity index (χ0n) is 23.4. The molecular weight excluding hydrogens is 528 g/mol. The number of ether oxygens (including phenoxy) is 1. The Kier molecular flexibility index (Phi) is 7.75. The Balaban J connectivity index is 1.22. The summed E-state index contributed by atoms with van der Waals surface area (Å²) >= 11 is 1.53. The van der Waals surface area contributed by atoms with E-state index in [1.54, 1.807) is 0 Å². The molecule has 5 nitrogen and oxygen atoms in total. The number of allylic oxidation sites excluding steroid dienone is 1. The number of carbonyl (C=O) groups is 2. The number of benzene rings is 3. The summed E-state index contributed by atoms with van der Waals surface area (Å²) in [6, 6.07) is 29.6. The lowest BCUT2D eigenvalue weighted by Crippen LogP contribution is -2.52. The maximum absolute atomic E-state index is 14.0.